The highest BCUT2D eigenvalue weighted by atomic mass is 16.5. The predicted octanol–water partition coefficient (Wildman–Crippen LogP) is 0.729. The molecule has 0 bridgehead atoms. The molecular weight excluding hydrogens is 272 g/mol. The second-order valence-electron chi connectivity index (χ2n) is 4.83. The lowest BCUT2D eigenvalue weighted by molar-refractivity contribution is -0.145. The summed E-state index contributed by atoms with van der Waals surface area (Å²) < 4.78 is 4.82. The molecule has 0 saturated carbocycles. The number of amides is 2. The predicted molar refractivity (Wildman–Crippen MR) is 76.3 cm³/mol. The van der Waals surface area contributed by atoms with Gasteiger partial charge in [-0.2, -0.15) is 0 Å². The van der Waals surface area contributed by atoms with Gasteiger partial charge in [-0.15, -0.1) is 0 Å². The van der Waals surface area contributed by atoms with Gasteiger partial charge in [0.15, 0.2) is 0 Å². The SMILES string of the molecule is CN1CCN(c2ccc(-c3cnoc3N)cc2)C(=O)C1=O. The number of likely N-dealkylation sites (N-methyl/N-ethyl adjacent to an activating group) is 1. The lowest BCUT2D eigenvalue weighted by Crippen LogP contribution is -2.52. The first-order valence-corrected chi connectivity index (χ1v) is 6.45. The molecular formula is C14H14N4O3. The third-order valence-corrected chi connectivity index (χ3v) is 3.52. The van der Waals surface area contributed by atoms with Crippen molar-refractivity contribution in [3.05, 3.63) is 30.5 Å². The number of nitrogens with two attached hydrogens (primary N) is 1. The number of aromatic nitrogens is 1. The van der Waals surface area contributed by atoms with Crippen LogP contribution in [-0.4, -0.2) is 42.0 Å². The maximum Gasteiger partial charge on any atom is 0.316 e. The molecule has 0 unspecified atom stereocenters. The minimum atomic E-state index is -0.513. The van der Waals surface area contributed by atoms with Crippen LogP contribution in [0.4, 0.5) is 11.6 Å². The molecule has 3 rings (SSSR count). The Morgan fingerprint density at radius 3 is 2.48 bits per heavy atom. The van der Waals surface area contributed by atoms with E-state index in [-0.39, 0.29) is 5.88 Å². The zero-order chi connectivity index (χ0) is 15.0. The second-order valence-corrected chi connectivity index (χ2v) is 4.83. The van der Waals surface area contributed by atoms with Gasteiger partial charge in [-0.3, -0.25) is 9.59 Å². The molecule has 21 heavy (non-hydrogen) atoms. The smallest absolute Gasteiger partial charge is 0.316 e. The number of anilines is 2. The Bertz CT molecular complexity index is 692. The zero-order valence-electron chi connectivity index (χ0n) is 11.4. The number of rotatable bonds is 2. The van der Waals surface area contributed by atoms with Gasteiger partial charge in [-0.1, -0.05) is 17.3 Å². The van der Waals surface area contributed by atoms with E-state index in [1.165, 1.54) is 16.0 Å². The fourth-order valence-electron chi connectivity index (χ4n) is 2.26. The fraction of sp³-hybridized carbons (Fsp3) is 0.214. The molecule has 0 aliphatic carbocycles. The van der Waals surface area contributed by atoms with Crippen molar-refractivity contribution >= 4 is 23.4 Å². The van der Waals surface area contributed by atoms with E-state index in [1.54, 1.807) is 19.2 Å². The first-order chi connectivity index (χ1) is 10.1. The van der Waals surface area contributed by atoms with Crippen molar-refractivity contribution in [3.8, 4) is 11.1 Å². The third kappa shape index (κ3) is 2.22. The summed E-state index contributed by atoms with van der Waals surface area (Å²) in [4.78, 5) is 26.6. The van der Waals surface area contributed by atoms with Gasteiger partial charge < -0.3 is 20.1 Å². The quantitative estimate of drug-likeness (QED) is 0.821. The van der Waals surface area contributed by atoms with Gasteiger partial charge >= 0.3 is 11.8 Å². The first kappa shape index (κ1) is 13.2. The van der Waals surface area contributed by atoms with E-state index in [0.29, 0.717) is 24.3 Å². The average Bonchev–Trinajstić information content (AvgIpc) is 2.91. The van der Waals surface area contributed by atoms with Crippen molar-refractivity contribution in [2.45, 2.75) is 0 Å². The number of hydrogen-bond donors (Lipinski definition) is 1. The summed E-state index contributed by atoms with van der Waals surface area (Å²) in [6, 6.07) is 7.18. The van der Waals surface area contributed by atoms with Gasteiger partial charge in [0.05, 0.1) is 11.8 Å². The van der Waals surface area contributed by atoms with Crippen molar-refractivity contribution in [1.82, 2.24) is 10.1 Å². The number of carbonyl (C=O) groups excluding carboxylic acids is 2. The van der Waals surface area contributed by atoms with Gasteiger partial charge in [0.25, 0.3) is 0 Å². The lowest BCUT2D eigenvalue weighted by Gasteiger charge is -2.31. The van der Waals surface area contributed by atoms with Crippen LogP contribution < -0.4 is 10.6 Å². The molecule has 1 aliphatic rings. The monoisotopic (exact) mass is 286 g/mol. The summed E-state index contributed by atoms with van der Waals surface area (Å²) >= 11 is 0. The van der Waals surface area contributed by atoms with E-state index in [0.717, 1.165) is 5.56 Å². The molecule has 0 spiro atoms. The van der Waals surface area contributed by atoms with E-state index < -0.39 is 11.8 Å². The minimum absolute atomic E-state index is 0.244. The lowest BCUT2D eigenvalue weighted by atomic mass is 10.1. The van der Waals surface area contributed by atoms with Crippen LogP contribution in [0.15, 0.2) is 35.0 Å². The van der Waals surface area contributed by atoms with E-state index in [4.69, 9.17) is 10.3 Å². The molecule has 1 fully saturated rings. The number of carbonyl (C=O) groups is 2. The van der Waals surface area contributed by atoms with Gasteiger partial charge in [-0.05, 0) is 17.7 Å². The van der Waals surface area contributed by atoms with E-state index in [2.05, 4.69) is 5.16 Å². The summed E-state index contributed by atoms with van der Waals surface area (Å²) in [5.41, 5.74) is 7.88. The number of piperazine rings is 1. The molecule has 1 aromatic carbocycles. The molecule has 7 nitrogen and oxygen atoms in total. The number of nitrogens with zero attached hydrogens (tertiary/aromatic N) is 3. The van der Waals surface area contributed by atoms with E-state index in [1.807, 2.05) is 12.1 Å². The molecule has 1 saturated heterocycles. The summed E-state index contributed by atoms with van der Waals surface area (Å²) in [5, 5.41) is 3.63. The molecule has 1 aromatic heterocycles. The van der Waals surface area contributed by atoms with Crippen LogP contribution in [0, 0.1) is 0 Å². The summed E-state index contributed by atoms with van der Waals surface area (Å²) in [6.07, 6.45) is 1.54. The average molecular weight is 286 g/mol. The largest absolute Gasteiger partial charge is 0.367 e. The van der Waals surface area contributed by atoms with E-state index in [9.17, 15) is 9.59 Å². The molecule has 2 heterocycles. The van der Waals surface area contributed by atoms with Gasteiger partial charge in [0.2, 0.25) is 5.88 Å². The van der Waals surface area contributed by atoms with Crippen molar-refractivity contribution in [3.63, 3.8) is 0 Å². The van der Waals surface area contributed by atoms with Crippen LogP contribution in [0.5, 0.6) is 0 Å². The Morgan fingerprint density at radius 1 is 1.14 bits per heavy atom. The van der Waals surface area contributed by atoms with Crippen molar-refractivity contribution in [1.29, 1.82) is 0 Å². The van der Waals surface area contributed by atoms with Crippen molar-refractivity contribution in [2.24, 2.45) is 0 Å². The van der Waals surface area contributed by atoms with Gasteiger partial charge in [0, 0.05) is 25.8 Å². The summed E-state index contributed by atoms with van der Waals surface area (Å²) in [5.74, 6) is -0.761. The third-order valence-electron chi connectivity index (χ3n) is 3.52. The highest BCUT2D eigenvalue weighted by Gasteiger charge is 2.31. The fourth-order valence-corrected chi connectivity index (χ4v) is 2.26. The highest BCUT2D eigenvalue weighted by molar-refractivity contribution is 6.40. The standard InChI is InChI=1S/C14H14N4O3/c1-17-6-7-18(14(20)13(17)19)10-4-2-9(3-5-10)11-8-16-21-12(11)15/h2-5,8H,6-7,15H2,1H3. The molecule has 0 radical (unpaired) electrons. The van der Waals surface area contributed by atoms with Crippen molar-refractivity contribution < 1.29 is 14.1 Å². The van der Waals surface area contributed by atoms with Crippen LogP contribution in [0.3, 0.4) is 0 Å². The molecule has 7 heteroatoms. The Morgan fingerprint density at radius 2 is 1.86 bits per heavy atom. The van der Waals surface area contributed by atoms with Gasteiger partial charge in [0.1, 0.15) is 0 Å². The van der Waals surface area contributed by atoms with Crippen LogP contribution in [-0.2, 0) is 9.59 Å². The molecule has 0 atom stereocenters. The maximum atomic E-state index is 12.0. The number of benzene rings is 1. The molecule has 1 aliphatic heterocycles. The topological polar surface area (TPSA) is 92.7 Å². The Hall–Kier alpha value is -2.83. The Kier molecular flexibility index (Phi) is 3.09. The molecule has 2 N–H and O–H groups in total. The Balaban J connectivity index is 1.86. The molecule has 2 aromatic rings. The number of hydrogen-bond acceptors (Lipinski definition) is 5. The van der Waals surface area contributed by atoms with Crippen LogP contribution in [0.1, 0.15) is 0 Å². The van der Waals surface area contributed by atoms with Gasteiger partial charge in [-0.25, -0.2) is 0 Å². The normalized spacial score (nSPS) is 15.7. The molecule has 2 amide bonds. The summed E-state index contributed by atoms with van der Waals surface area (Å²) in [7, 11) is 1.62. The van der Waals surface area contributed by atoms with Crippen LogP contribution >= 0.6 is 0 Å². The number of nitrogen functional groups attached to an aromatic ring is 1. The zero-order valence-corrected chi connectivity index (χ0v) is 11.4. The van der Waals surface area contributed by atoms with Crippen LogP contribution in [0.2, 0.25) is 0 Å². The first-order valence-electron chi connectivity index (χ1n) is 6.45. The van der Waals surface area contributed by atoms with Crippen LogP contribution in [0.25, 0.3) is 11.1 Å². The maximum absolute atomic E-state index is 12.0. The van der Waals surface area contributed by atoms with Crippen molar-refractivity contribution in [2.75, 3.05) is 30.8 Å². The second kappa shape index (κ2) is 4.93. The highest BCUT2D eigenvalue weighted by Crippen LogP contribution is 2.28. The molecule has 108 valence electrons. The Labute approximate surface area is 120 Å². The van der Waals surface area contributed by atoms with E-state index >= 15 is 0 Å². The summed E-state index contributed by atoms with van der Waals surface area (Å²) in [6.45, 7) is 1.00. The minimum Gasteiger partial charge on any atom is -0.367 e.